The normalized spacial score (nSPS) is 10.4. The Morgan fingerprint density at radius 3 is 2.00 bits per heavy atom. The van der Waals surface area contributed by atoms with Gasteiger partial charge in [-0.2, -0.15) is 0 Å². The highest BCUT2D eigenvalue weighted by Crippen LogP contribution is 2.39. The largest absolute Gasteiger partial charge is 0.496 e. The molecule has 0 saturated heterocycles. The lowest BCUT2D eigenvalue weighted by molar-refractivity contribution is 0.397. The van der Waals surface area contributed by atoms with Gasteiger partial charge in [0.05, 0.1) is 25.5 Å². The van der Waals surface area contributed by atoms with E-state index in [2.05, 4.69) is 0 Å². The van der Waals surface area contributed by atoms with E-state index in [4.69, 9.17) is 21.1 Å². The maximum absolute atomic E-state index is 6.05. The Balaban J connectivity index is 2.68. The second-order valence-corrected chi connectivity index (χ2v) is 4.03. The Bertz CT molecular complexity index is 512. The molecule has 0 amide bonds. The van der Waals surface area contributed by atoms with Crippen LogP contribution in [0.2, 0.25) is 5.15 Å². The molecule has 0 spiro atoms. The van der Waals surface area contributed by atoms with Gasteiger partial charge in [0.1, 0.15) is 16.7 Å². The second kappa shape index (κ2) is 4.72. The van der Waals surface area contributed by atoms with Crippen molar-refractivity contribution < 1.29 is 9.47 Å². The fourth-order valence-electron chi connectivity index (χ4n) is 1.84. The van der Waals surface area contributed by atoms with Crippen molar-refractivity contribution >= 4 is 11.6 Å². The highest BCUT2D eigenvalue weighted by atomic mass is 35.5. The predicted molar refractivity (Wildman–Crippen MR) is 69.0 cm³/mol. The number of ether oxygens (including phenoxy) is 2. The van der Waals surface area contributed by atoms with Crippen LogP contribution in [0.3, 0.4) is 0 Å². The topological polar surface area (TPSA) is 23.4 Å². The molecule has 0 fully saturated rings. The van der Waals surface area contributed by atoms with E-state index in [1.54, 1.807) is 14.2 Å². The van der Waals surface area contributed by atoms with E-state index in [0.717, 1.165) is 22.8 Å². The number of nitrogens with zero attached hydrogens (tertiary/aromatic N) is 1. The molecule has 0 aliphatic rings. The molecular weight excluding hydrogens is 238 g/mol. The zero-order valence-electron chi connectivity index (χ0n) is 10.0. The van der Waals surface area contributed by atoms with Crippen molar-refractivity contribution in [2.75, 3.05) is 14.2 Å². The van der Waals surface area contributed by atoms with Crippen LogP contribution in [0.15, 0.2) is 30.3 Å². The molecule has 0 atom stereocenters. The molecule has 2 aromatic rings. The monoisotopic (exact) mass is 251 g/mol. The molecule has 17 heavy (non-hydrogen) atoms. The lowest BCUT2D eigenvalue weighted by Crippen LogP contribution is -1.97. The lowest BCUT2D eigenvalue weighted by Gasteiger charge is -2.13. The van der Waals surface area contributed by atoms with Crippen LogP contribution in [-0.2, 0) is 7.05 Å². The first kappa shape index (κ1) is 11.9. The molecule has 1 heterocycles. The fraction of sp³-hybridized carbons (Fsp3) is 0.231. The third kappa shape index (κ3) is 1.98. The van der Waals surface area contributed by atoms with Crippen molar-refractivity contribution in [1.82, 2.24) is 4.57 Å². The molecule has 1 aromatic heterocycles. The molecule has 2 rings (SSSR count). The van der Waals surface area contributed by atoms with Gasteiger partial charge in [-0.15, -0.1) is 0 Å². The molecule has 90 valence electrons. The number of methoxy groups -OCH3 is 2. The van der Waals surface area contributed by atoms with Crippen molar-refractivity contribution in [2.45, 2.75) is 0 Å². The molecule has 0 aliphatic heterocycles. The van der Waals surface area contributed by atoms with E-state index < -0.39 is 0 Å². The smallest absolute Gasteiger partial charge is 0.131 e. The first-order valence-corrected chi connectivity index (χ1v) is 5.59. The summed E-state index contributed by atoms with van der Waals surface area (Å²) in [4.78, 5) is 0. The summed E-state index contributed by atoms with van der Waals surface area (Å²) in [5.74, 6) is 1.53. The van der Waals surface area contributed by atoms with Gasteiger partial charge in [0.25, 0.3) is 0 Å². The fourth-order valence-corrected chi connectivity index (χ4v) is 2.00. The minimum atomic E-state index is 0.674. The van der Waals surface area contributed by atoms with E-state index in [-0.39, 0.29) is 0 Å². The molecular formula is C13H14ClNO2. The Morgan fingerprint density at radius 2 is 1.59 bits per heavy atom. The SMILES string of the molecule is COc1cccc(OC)c1-c1ccc(Cl)n1C. The van der Waals surface area contributed by atoms with Gasteiger partial charge in [0.15, 0.2) is 0 Å². The molecule has 0 saturated carbocycles. The van der Waals surface area contributed by atoms with Gasteiger partial charge in [-0.05, 0) is 24.3 Å². The molecule has 0 bridgehead atoms. The van der Waals surface area contributed by atoms with Gasteiger partial charge in [-0.1, -0.05) is 17.7 Å². The number of aromatic nitrogens is 1. The van der Waals surface area contributed by atoms with Gasteiger partial charge in [0, 0.05) is 7.05 Å². The van der Waals surface area contributed by atoms with Gasteiger partial charge in [-0.3, -0.25) is 0 Å². The van der Waals surface area contributed by atoms with Crippen molar-refractivity contribution in [2.24, 2.45) is 7.05 Å². The van der Waals surface area contributed by atoms with E-state index in [0.29, 0.717) is 5.15 Å². The maximum atomic E-state index is 6.05. The molecule has 3 nitrogen and oxygen atoms in total. The molecule has 0 N–H and O–H groups in total. The maximum Gasteiger partial charge on any atom is 0.131 e. The molecule has 1 aromatic carbocycles. The number of hydrogen-bond acceptors (Lipinski definition) is 2. The van der Waals surface area contributed by atoms with Gasteiger partial charge >= 0.3 is 0 Å². The number of hydrogen-bond donors (Lipinski definition) is 0. The lowest BCUT2D eigenvalue weighted by atomic mass is 10.1. The van der Waals surface area contributed by atoms with Crippen LogP contribution in [0.5, 0.6) is 11.5 Å². The van der Waals surface area contributed by atoms with Crippen LogP contribution in [0.25, 0.3) is 11.3 Å². The van der Waals surface area contributed by atoms with Gasteiger partial charge in [0.2, 0.25) is 0 Å². The molecule has 0 radical (unpaired) electrons. The van der Waals surface area contributed by atoms with Crippen molar-refractivity contribution in [3.05, 3.63) is 35.5 Å². The van der Waals surface area contributed by atoms with Crippen LogP contribution < -0.4 is 9.47 Å². The summed E-state index contributed by atoms with van der Waals surface area (Å²) in [5.41, 5.74) is 1.87. The van der Waals surface area contributed by atoms with Crippen LogP contribution in [0.1, 0.15) is 0 Å². The van der Waals surface area contributed by atoms with E-state index in [9.17, 15) is 0 Å². The average Bonchev–Trinajstić information content (AvgIpc) is 2.69. The summed E-state index contributed by atoms with van der Waals surface area (Å²) >= 11 is 6.05. The number of halogens is 1. The average molecular weight is 252 g/mol. The first-order valence-electron chi connectivity index (χ1n) is 5.21. The standard InChI is InChI=1S/C13H14ClNO2/c1-15-9(7-8-12(15)14)13-10(16-2)5-4-6-11(13)17-3/h4-8H,1-3H3. The second-order valence-electron chi connectivity index (χ2n) is 3.64. The third-order valence-electron chi connectivity index (χ3n) is 2.74. The summed E-state index contributed by atoms with van der Waals surface area (Å²) in [6, 6.07) is 9.49. The Morgan fingerprint density at radius 1 is 1.00 bits per heavy atom. The van der Waals surface area contributed by atoms with Crippen molar-refractivity contribution in [3.8, 4) is 22.8 Å². The third-order valence-corrected chi connectivity index (χ3v) is 3.12. The van der Waals surface area contributed by atoms with E-state index in [1.165, 1.54) is 0 Å². The van der Waals surface area contributed by atoms with Crippen LogP contribution >= 0.6 is 11.6 Å². The molecule has 0 unspecified atom stereocenters. The van der Waals surface area contributed by atoms with Crippen molar-refractivity contribution in [1.29, 1.82) is 0 Å². The zero-order valence-corrected chi connectivity index (χ0v) is 10.8. The van der Waals surface area contributed by atoms with E-state index in [1.807, 2.05) is 41.9 Å². The van der Waals surface area contributed by atoms with Crippen LogP contribution in [-0.4, -0.2) is 18.8 Å². The molecule has 0 aliphatic carbocycles. The van der Waals surface area contributed by atoms with Crippen LogP contribution in [0, 0.1) is 0 Å². The summed E-state index contributed by atoms with van der Waals surface area (Å²) in [6.07, 6.45) is 0. The quantitative estimate of drug-likeness (QED) is 0.835. The summed E-state index contributed by atoms with van der Waals surface area (Å²) in [6.45, 7) is 0. The minimum absolute atomic E-state index is 0.674. The van der Waals surface area contributed by atoms with Crippen molar-refractivity contribution in [3.63, 3.8) is 0 Å². The minimum Gasteiger partial charge on any atom is -0.496 e. The highest BCUT2D eigenvalue weighted by molar-refractivity contribution is 6.30. The Hall–Kier alpha value is -1.61. The predicted octanol–water partition coefficient (Wildman–Crippen LogP) is 3.36. The zero-order chi connectivity index (χ0) is 12.4. The number of benzene rings is 1. The summed E-state index contributed by atoms with van der Waals surface area (Å²) in [7, 11) is 5.19. The van der Waals surface area contributed by atoms with Gasteiger partial charge in [-0.25, -0.2) is 0 Å². The summed E-state index contributed by atoms with van der Waals surface area (Å²) < 4.78 is 12.6. The Kier molecular flexibility index (Phi) is 3.29. The first-order chi connectivity index (χ1) is 8.19. The van der Waals surface area contributed by atoms with Crippen LogP contribution in [0.4, 0.5) is 0 Å². The molecule has 4 heteroatoms. The number of rotatable bonds is 3. The highest BCUT2D eigenvalue weighted by Gasteiger charge is 2.15. The summed E-state index contributed by atoms with van der Waals surface area (Å²) in [5, 5.41) is 0.674. The van der Waals surface area contributed by atoms with Gasteiger partial charge < -0.3 is 14.0 Å². The van der Waals surface area contributed by atoms with E-state index >= 15 is 0 Å². The Labute approximate surface area is 106 Å².